The van der Waals surface area contributed by atoms with Crippen LogP contribution in [0.1, 0.15) is 19.8 Å². The van der Waals surface area contributed by atoms with Crippen LogP contribution in [0.2, 0.25) is 0 Å². The van der Waals surface area contributed by atoms with E-state index in [4.69, 9.17) is 4.74 Å². The highest BCUT2D eigenvalue weighted by Gasteiger charge is 2.28. The van der Waals surface area contributed by atoms with Crippen molar-refractivity contribution in [2.24, 2.45) is 5.92 Å². The molecular formula is C10H15N3O. The maximum atomic E-state index is 5.02. The molecule has 1 N–H and O–H groups in total. The van der Waals surface area contributed by atoms with Crippen molar-refractivity contribution in [1.82, 2.24) is 9.97 Å². The summed E-state index contributed by atoms with van der Waals surface area (Å²) < 4.78 is 5.02. The van der Waals surface area contributed by atoms with Crippen molar-refractivity contribution in [3.05, 3.63) is 12.3 Å². The van der Waals surface area contributed by atoms with Crippen molar-refractivity contribution in [1.29, 1.82) is 0 Å². The third-order valence-corrected chi connectivity index (χ3v) is 2.53. The number of ether oxygens (including phenoxy) is 1. The Balaban J connectivity index is 2.00. The molecular weight excluding hydrogens is 178 g/mol. The van der Waals surface area contributed by atoms with Crippen LogP contribution in [-0.2, 0) is 0 Å². The fraction of sp³-hybridized carbons (Fsp3) is 0.600. The molecule has 1 unspecified atom stereocenters. The maximum absolute atomic E-state index is 5.02. The van der Waals surface area contributed by atoms with Crippen LogP contribution in [0.3, 0.4) is 0 Å². The van der Waals surface area contributed by atoms with Gasteiger partial charge in [-0.05, 0) is 25.7 Å². The summed E-state index contributed by atoms with van der Waals surface area (Å²) >= 11 is 0. The number of hydrogen-bond acceptors (Lipinski definition) is 4. The van der Waals surface area contributed by atoms with Gasteiger partial charge in [0.05, 0.1) is 7.11 Å². The Bertz CT molecular complexity index is 312. The monoisotopic (exact) mass is 193 g/mol. The molecule has 1 saturated carbocycles. The van der Waals surface area contributed by atoms with Crippen LogP contribution in [0.5, 0.6) is 5.88 Å². The van der Waals surface area contributed by atoms with Crippen LogP contribution in [0.4, 0.5) is 5.95 Å². The highest BCUT2D eigenvalue weighted by Crippen LogP contribution is 2.33. The zero-order valence-electron chi connectivity index (χ0n) is 8.53. The maximum Gasteiger partial charge on any atom is 0.226 e. The molecule has 0 saturated heterocycles. The highest BCUT2D eigenvalue weighted by molar-refractivity contribution is 5.29. The summed E-state index contributed by atoms with van der Waals surface area (Å²) in [5.74, 6) is 2.05. The van der Waals surface area contributed by atoms with Gasteiger partial charge in [0.25, 0.3) is 0 Å². The van der Waals surface area contributed by atoms with Crippen molar-refractivity contribution in [3.8, 4) is 5.88 Å². The highest BCUT2D eigenvalue weighted by atomic mass is 16.5. The van der Waals surface area contributed by atoms with Gasteiger partial charge in [-0.3, -0.25) is 0 Å². The molecule has 1 fully saturated rings. The molecule has 2 rings (SSSR count). The zero-order valence-corrected chi connectivity index (χ0v) is 8.53. The number of rotatable bonds is 4. The first-order valence-corrected chi connectivity index (χ1v) is 4.93. The smallest absolute Gasteiger partial charge is 0.226 e. The van der Waals surface area contributed by atoms with Crippen LogP contribution >= 0.6 is 0 Å². The van der Waals surface area contributed by atoms with Crippen molar-refractivity contribution in [3.63, 3.8) is 0 Å². The molecule has 0 aromatic carbocycles. The molecule has 0 bridgehead atoms. The fourth-order valence-corrected chi connectivity index (χ4v) is 1.44. The van der Waals surface area contributed by atoms with Crippen LogP contribution in [-0.4, -0.2) is 23.1 Å². The van der Waals surface area contributed by atoms with Gasteiger partial charge in [0.1, 0.15) is 0 Å². The van der Waals surface area contributed by atoms with Crippen molar-refractivity contribution in [2.45, 2.75) is 25.8 Å². The topological polar surface area (TPSA) is 47.0 Å². The van der Waals surface area contributed by atoms with Gasteiger partial charge in [-0.15, -0.1) is 0 Å². The summed E-state index contributed by atoms with van der Waals surface area (Å²) in [6.45, 7) is 2.17. The molecule has 1 atom stereocenters. The van der Waals surface area contributed by atoms with Crippen LogP contribution in [0, 0.1) is 5.92 Å². The van der Waals surface area contributed by atoms with E-state index in [0.29, 0.717) is 17.9 Å². The molecule has 0 radical (unpaired) electrons. The first-order valence-electron chi connectivity index (χ1n) is 4.93. The summed E-state index contributed by atoms with van der Waals surface area (Å²) in [7, 11) is 1.61. The Kier molecular flexibility index (Phi) is 2.52. The number of anilines is 1. The lowest BCUT2D eigenvalue weighted by Crippen LogP contribution is -2.19. The van der Waals surface area contributed by atoms with Gasteiger partial charge in [-0.25, -0.2) is 4.98 Å². The zero-order chi connectivity index (χ0) is 9.97. The normalized spacial score (nSPS) is 17.6. The van der Waals surface area contributed by atoms with Gasteiger partial charge >= 0.3 is 0 Å². The molecule has 1 aromatic rings. The summed E-state index contributed by atoms with van der Waals surface area (Å²) in [5, 5.41) is 3.28. The van der Waals surface area contributed by atoms with E-state index < -0.39 is 0 Å². The number of nitrogens with zero attached hydrogens (tertiary/aromatic N) is 2. The Morgan fingerprint density at radius 2 is 2.36 bits per heavy atom. The molecule has 1 aliphatic carbocycles. The molecule has 1 aliphatic rings. The van der Waals surface area contributed by atoms with Gasteiger partial charge in [0.15, 0.2) is 0 Å². The second kappa shape index (κ2) is 3.82. The van der Waals surface area contributed by atoms with Crippen LogP contribution < -0.4 is 10.1 Å². The number of hydrogen-bond donors (Lipinski definition) is 1. The molecule has 4 heteroatoms. The van der Waals surface area contributed by atoms with Crippen molar-refractivity contribution < 1.29 is 4.74 Å². The molecule has 76 valence electrons. The summed E-state index contributed by atoms with van der Waals surface area (Å²) in [6.07, 6.45) is 4.34. The predicted molar refractivity (Wildman–Crippen MR) is 54.4 cm³/mol. The van der Waals surface area contributed by atoms with Crippen molar-refractivity contribution in [2.75, 3.05) is 12.4 Å². The van der Waals surface area contributed by atoms with E-state index in [1.165, 1.54) is 12.8 Å². The van der Waals surface area contributed by atoms with E-state index in [0.717, 1.165) is 5.92 Å². The number of nitrogens with one attached hydrogen (secondary N) is 1. The summed E-state index contributed by atoms with van der Waals surface area (Å²) in [6, 6.07) is 2.20. The number of aromatic nitrogens is 2. The summed E-state index contributed by atoms with van der Waals surface area (Å²) in [5.41, 5.74) is 0. The Morgan fingerprint density at radius 1 is 1.57 bits per heavy atom. The van der Waals surface area contributed by atoms with E-state index in [2.05, 4.69) is 22.2 Å². The second-order valence-electron chi connectivity index (χ2n) is 3.69. The Hall–Kier alpha value is -1.32. The van der Waals surface area contributed by atoms with E-state index >= 15 is 0 Å². The molecule has 1 heterocycles. The lowest BCUT2D eigenvalue weighted by molar-refractivity contribution is 0.397. The molecule has 0 spiro atoms. The Labute approximate surface area is 83.7 Å². The minimum Gasteiger partial charge on any atom is -0.481 e. The van der Waals surface area contributed by atoms with Crippen LogP contribution in [0.15, 0.2) is 12.3 Å². The third kappa shape index (κ3) is 2.13. The van der Waals surface area contributed by atoms with Gasteiger partial charge in [0.2, 0.25) is 11.8 Å². The molecule has 4 nitrogen and oxygen atoms in total. The molecule has 0 aliphatic heterocycles. The molecule has 1 aromatic heterocycles. The van der Waals surface area contributed by atoms with Gasteiger partial charge in [0, 0.05) is 18.3 Å². The largest absolute Gasteiger partial charge is 0.481 e. The predicted octanol–water partition coefficient (Wildman–Crippen LogP) is 1.70. The molecule has 0 amide bonds. The van der Waals surface area contributed by atoms with E-state index in [1.54, 1.807) is 19.4 Å². The minimum atomic E-state index is 0.460. The molecule has 14 heavy (non-hydrogen) atoms. The lowest BCUT2D eigenvalue weighted by atomic mass is 10.2. The van der Waals surface area contributed by atoms with Gasteiger partial charge < -0.3 is 10.1 Å². The van der Waals surface area contributed by atoms with E-state index in [-0.39, 0.29) is 0 Å². The first kappa shape index (κ1) is 9.24. The average molecular weight is 193 g/mol. The van der Waals surface area contributed by atoms with E-state index in [1.807, 2.05) is 0 Å². The number of methoxy groups -OCH3 is 1. The van der Waals surface area contributed by atoms with Gasteiger partial charge in [-0.1, -0.05) is 0 Å². The summed E-state index contributed by atoms with van der Waals surface area (Å²) in [4.78, 5) is 8.33. The standard InChI is InChI=1S/C10H15N3O/c1-7(8-3-4-8)12-10-11-6-5-9(13-10)14-2/h5-8H,3-4H2,1-2H3,(H,11,12,13). The quantitative estimate of drug-likeness (QED) is 0.790. The fourth-order valence-electron chi connectivity index (χ4n) is 1.44. The van der Waals surface area contributed by atoms with Gasteiger partial charge in [-0.2, -0.15) is 4.98 Å². The van der Waals surface area contributed by atoms with Crippen LogP contribution in [0.25, 0.3) is 0 Å². The van der Waals surface area contributed by atoms with E-state index in [9.17, 15) is 0 Å². The first-order chi connectivity index (χ1) is 6.79. The second-order valence-corrected chi connectivity index (χ2v) is 3.69. The van der Waals surface area contributed by atoms with Crippen molar-refractivity contribution >= 4 is 5.95 Å². The third-order valence-electron chi connectivity index (χ3n) is 2.53. The Morgan fingerprint density at radius 3 is 3.00 bits per heavy atom. The SMILES string of the molecule is COc1ccnc(NC(C)C2CC2)n1. The lowest BCUT2D eigenvalue weighted by Gasteiger charge is -2.12. The average Bonchev–Trinajstić information content (AvgIpc) is 3.01. The minimum absolute atomic E-state index is 0.460.